The molecule has 0 amide bonds. The zero-order valence-electron chi connectivity index (χ0n) is 9.09. The molecule has 1 aromatic rings. The molecular weight excluding hydrogens is 401 g/mol. The average Bonchev–Trinajstić information content (AvgIpc) is 2.23. The molecule has 114 valence electrons. The number of hydrogen-bond acceptors (Lipinski definition) is 4. The van der Waals surface area contributed by atoms with E-state index in [1.165, 1.54) is 0 Å². The van der Waals surface area contributed by atoms with E-state index in [4.69, 9.17) is 10.7 Å². The number of halogens is 7. The molecule has 0 N–H and O–H groups in total. The number of nitrogens with zero attached hydrogens (tertiary/aromatic N) is 1. The predicted octanol–water partition coefficient (Wildman–Crippen LogP) is 3.74. The van der Waals surface area contributed by atoms with Gasteiger partial charge in [0, 0.05) is 27.6 Å². The lowest BCUT2D eigenvalue weighted by molar-refractivity contribution is -0.276. The summed E-state index contributed by atoms with van der Waals surface area (Å²) >= 11 is 2.73. The van der Waals surface area contributed by atoms with Crippen LogP contribution in [0.4, 0.5) is 22.0 Å². The van der Waals surface area contributed by atoms with Gasteiger partial charge in [-0.3, -0.25) is 0 Å². The Morgan fingerprint density at radius 2 is 1.95 bits per heavy atom. The molecule has 1 rings (SSSR count). The highest BCUT2D eigenvalue weighted by atomic mass is 79.9. The molecule has 0 aromatic carbocycles. The second-order valence-corrected chi connectivity index (χ2v) is 6.31. The standard InChI is InChI=1S/C8H4BrClF5NO3S/c9-2-4-6(20(10,17)18)3(7(11)12)1-5(16-4)19-8(13,14)15/h1,7H,2H2. The molecule has 0 radical (unpaired) electrons. The fourth-order valence-electron chi connectivity index (χ4n) is 1.29. The highest BCUT2D eigenvalue weighted by Gasteiger charge is 2.34. The molecule has 4 nitrogen and oxygen atoms in total. The topological polar surface area (TPSA) is 56.3 Å². The van der Waals surface area contributed by atoms with Gasteiger partial charge in [0.05, 0.1) is 5.69 Å². The van der Waals surface area contributed by atoms with E-state index in [2.05, 4.69) is 25.7 Å². The first-order valence-electron chi connectivity index (χ1n) is 4.54. The van der Waals surface area contributed by atoms with Crippen molar-refractivity contribution in [3.63, 3.8) is 0 Å². The van der Waals surface area contributed by atoms with E-state index < -0.39 is 49.2 Å². The molecule has 0 aliphatic rings. The molecule has 0 aliphatic carbocycles. The van der Waals surface area contributed by atoms with Gasteiger partial charge >= 0.3 is 6.36 Å². The van der Waals surface area contributed by atoms with E-state index in [1.807, 2.05) is 0 Å². The van der Waals surface area contributed by atoms with Crippen LogP contribution in [0.5, 0.6) is 5.88 Å². The molecule has 0 aliphatic heterocycles. The third-order valence-corrected chi connectivity index (χ3v) is 3.83. The second kappa shape index (κ2) is 5.98. The highest BCUT2D eigenvalue weighted by Crippen LogP contribution is 2.35. The summed E-state index contributed by atoms with van der Waals surface area (Å²) in [4.78, 5) is 2.16. The van der Waals surface area contributed by atoms with E-state index in [0.717, 1.165) is 0 Å². The smallest absolute Gasteiger partial charge is 0.388 e. The van der Waals surface area contributed by atoms with Crippen LogP contribution in [0.25, 0.3) is 0 Å². The lowest BCUT2D eigenvalue weighted by Gasteiger charge is -2.14. The van der Waals surface area contributed by atoms with Crippen LogP contribution in [0.1, 0.15) is 17.7 Å². The van der Waals surface area contributed by atoms with Gasteiger partial charge in [-0.2, -0.15) is 0 Å². The van der Waals surface area contributed by atoms with Gasteiger partial charge in [-0.1, -0.05) is 15.9 Å². The first-order chi connectivity index (χ1) is 8.95. The fraction of sp³-hybridized carbons (Fsp3) is 0.375. The van der Waals surface area contributed by atoms with Crippen molar-refractivity contribution in [1.29, 1.82) is 0 Å². The zero-order valence-corrected chi connectivity index (χ0v) is 12.2. The molecule has 1 aromatic heterocycles. The molecule has 0 atom stereocenters. The van der Waals surface area contributed by atoms with Gasteiger partial charge in [-0.15, -0.1) is 13.2 Å². The first kappa shape index (κ1) is 17.4. The maximum atomic E-state index is 12.8. The summed E-state index contributed by atoms with van der Waals surface area (Å²) in [6.45, 7) is 0. The Hall–Kier alpha value is -0.680. The lowest BCUT2D eigenvalue weighted by atomic mass is 10.2. The van der Waals surface area contributed by atoms with E-state index in [0.29, 0.717) is 0 Å². The van der Waals surface area contributed by atoms with Crippen LogP contribution in [0.2, 0.25) is 0 Å². The Balaban J connectivity index is 3.55. The molecule has 1 heterocycles. The van der Waals surface area contributed by atoms with Gasteiger partial charge in [-0.05, 0) is 0 Å². The van der Waals surface area contributed by atoms with E-state index in [9.17, 15) is 30.4 Å². The van der Waals surface area contributed by atoms with Gasteiger partial charge in [0.15, 0.2) is 0 Å². The molecule has 0 saturated carbocycles. The number of aromatic nitrogens is 1. The Morgan fingerprint density at radius 1 is 1.40 bits per heavy atom. The monoisotopic (exact) mass is 403 g/mol. The van der Waals surface area contributed by atoms with Crippen molar-refractivity contribution in [2.45, 2.75) is 23.0 Å². The summed E-state index contributed by atoms with van der Waals surface area (Å²) in [7, 11) is 0.373. The van der Waals surface area contributed by atoms with Crippen LogP contribution >= 0.6 is 26.6 Å². The molecule has 0 spiro atoms. The third-order valence-electron chi connectivity index (χ3n) is 1.87. The normalized spacial score (nSPS) is 12.8. The third kappa shape index (κ3) is 4.42. The summed E-state index contributed by atoms with van der Waals surface area (Å²) in [6.07, 6.45) is -8.54. The van der Waals surface area contributed by atoms with Gasteiger partial charge in [0.25, 0.3) is 15.5 Å². The minimum Gasteiger partial charge on any atom is -0.388 e. The molecule has 0 saturated heterocycles. The van der Waals surface area contributed by atoms with Crippen LogP contribution in [0, 0.1) is 0 Å². The molecule has 0 fully saturated rings. The van der Waals surface area contributed by atoms with Crippen molar-refractivity contribution in [2.75, 3.05) is 0 Å². The maximum Gasteiger partial charge on any atom is 0.574 e. The van der Waals surface area contributed by atoms with Gasteiger partial charge in [0.2, 0.25) is 5.88 Å². The Kier molecular flexibility index (Phi) is 5.19. The van der Waals surface area contributed by atoms with Crippen molar-refractivity contribution in [2.24, 2.45) is 0 Å². The number of pyridine rings is 1. The predicted molar refractivity (Wildman–Crippen MR) is 61.5 cm³/mol. The highest BCUT2D eigenvalue weighted by molar-refractivity contribution is 9.08. The number of hydrogen-bond donors (Lipinski definition) is 0. The number of rotatable bonds is 4. The van der Waals surface area contributed by atoms with E-state index in [1.54, 1.807) is 0 Å². The van der Waals surface area contributed by atoms with Crippen LogP contribution < -0.4 is 4.74 Å². The van der Waals surface area contributed by atoms with Gasteiger partial charge in [-0.25, -0.2) is 22.2 Å². The van der Waals surface area contributed by atoms with Crippen LogP contribution in [-0.2, 0) is 14.4 Å². The minimum atomic E-state index is -5.16. The average molecular weight is 405 g/mol. The fourth-order valence-corrected chi connectivity index (χ4v) is 3.24. The zero-order chi connectivity index (χ0) is 15.7. The minimum absolute atomic E-state index is 0.180. The summed E-state index contributed by atoms with van der Waals surface area (Å²) in [5.41, 5.74) is -1.83. The SMILES string of the molecule is O=S(=O)(Cl)c1c(C(F)F)cc(OC(F)(F)F)nc1CBr. The van der Waals surface area contributed by atoms with Crippen molar-refractivity contribution in [3.8, 4) is 5.88 Å². The van der Waals surface area contributed by atoms with E-state index >= 15 is 0 Å². The maximum absolute atomic E-state index is 12.8. The van der Waals surface area contributed by atoms with Crippen molar-refractivity contribution < 1.29 is 35.1 Å². The summed E-state index contributed by atoms with van der Waals surface area (Å²) < 4.78 is 87.6. The summed E-state index contributed by atoms with van der Waals surface area (Å²) in [5, 5.41) is -0.414. The summed E-state index contributed by atoms with van der Waals surface area (Å²) in [5.74, 6) is -1.20. The Bertz CT molecular complexity index is 607. The lowest BCUT2D eigenvalue weighted by Crippen LogP contribution is -2.19. The van der Waals surface area contributed by atoms with Crippen LogP contribution in [0.3, 0.4) is 0 Å². The molecular formula is C8H4BrClF5NO3S. The van der Waals surface area contributed by atoms with Crippen LogP contribution in [-0.4, -0.2) is 19.8 Å². The quantitative estimate of drug-likeness (QED) is 0.436. The van der Waals surface area contributed by atoms with E-state index in [-0.39, 0.29) is 6.07 Å². The first-order valence-corrected chi connectivity index (χ1v) is 7.97. The number of ether oxygens (including phenoxy) is 1. The van der Waals surface area contributed by atoms with Gasteiger partial charge < -0.3 is 4.74 Å². The van der Waals surface area contributed by atoms with Crippen molar-refractivity contribution >= 4 is 35.7 Å². The molecule has 12 heteroatoms. The Morgan fingerprint density at radius 3 is 2.30 bits per heavy atom. The van der Waals surface area contributed by atoms with Crippen molar-refractivity contribution in [3.05, 3.63) is 17.3 Å². The van der Waals surface area contributed by atoms with Crippen molar-refractivity contribution in [1.82, 2.24) is 4.98 Å². The molecule has 0 bridgehead atoms. The summed E-state index contributed by atoms with van der Waals surface area (Å²) in [6, 6.07) is 0.180. The molecule has 0 unspecified atom stereocenters. The van der Waals surface area contributed by atoms with Crippen LogP contribution in [0.15, 0.2) is 11.0 Å². The Labute approximate surface area is 122 Å². The van der Waals surface area contributed by atoms with Gasteiger partial charge in [0.1, 0.15) is 4.90 Å². The largest absolute Gasteiger partial charge is 0.574 e. The number of alkyl halides is 6. The second-order valence-electron chi connectivity index (χ2n) is 3.25. The molecule has 20 heavy (non-hydrogen) atoms.